The monoisotopic (exact) mass is 452 g/mol. The van der Waals surface area contributed by atoms with Gasteiger partial charge in [-0.1, -0.05) is 0 Å². The lowest BCUT2D eigenvalue weighted by molar-refractivity contribution is 0.286. The third kappa shape index (κ3) is 10.3. The van der Waals surface area contributed by atoms with Crippen LogP contribution in [0.2, 0.25) is 39.3 Å². The van der Waals surface area contributed by atoms with Gasteiger partial charge < -0.3 is 32.9 Å². The summed E-state index contributed by atoms with van der Waals surface area (Å²) in [6.07, 6.45) is 0. The third-order valence-electron chi connectivity index (χ3n) is 2.46. The molecule has 0 aromatic carbocycles. The Hall–Kier alpha value is 1.42. The Bertz CT molecular complexity index is 302. The van der Waals surface area contributed by atoms with Crippen molar-refractivity contribution in [3.05, 3.63) is 0 Å². The van der Waals surface area contributed by atoms with Gasteiger partial charge in [-0.3, -0.25) is 0 Å². The largest absolute Gasteiger partial charge is 0.425 e. The molecule has 0 aliphatic carbocycles. The first-order valence-corrected chi connectivity index (χ1v) is 21.3. The molecule has 0 aromatic rings. The lowest BCUT2D eigenvalue weighted by atomic mass is 11.9. The van der Waals surface area contributed by atoms with Crippen LogP contribution in [0.25, 0.3) is 0 Å². The number of hydrogen-bond donors (Lipinski definition) is 0. The molecule has 132 valence electrons. The summed E-state index contributed by atoms with van der Waals surface area (Å²) in [5, 5.41) is 0. The van der Waals surface area contributed by atoms with E-state index < -0.39 is 75.7 Å². The fourth-order valence-corrected chi connectivity index (χ4v) is 23.6. The van der Waals surface area contributed by atoms with Crippen LogP contribution in [0.1, 0.15) is 0 Å². The van der Waals surface area contributed by atoms with Crippen LogP contribution in [0.15, 0.2) is 0 Å². The van der Waals surface area contributed by atoms with E-state index in [0.29, 0.717) is 0 Å². The summed E-state index contributed by atoms with van der Waals surface area (Å²) in [4.78, 5) is 0. The van der Waals surface area contributed by atoms with Gasteiger partial charge in [-0.05, 0) is 39.3 Å². The quantitative estimate of drug-likeness (QED) is 0.366. The Balaban J connectivity index is 2.63. The highest BCUT2D eigenvalue weighted by atomic mass is 28.5. The van der Waals surface area contributed by atoms with E-state index in [1.54, 1.807) is 0 Å². The Kier molecular flexibility index (Phi) is 9.54. The van der Waals surface area contributed by atoms with Crippen molar-refractivity contribution >= 4 is 75.7 Å². The molecular weight excluding hydrogens is 425 g/mol. The highest BCUT2D eigenvalue weighted by molar-refractivity contribution is 6.86. The van der Waals surface area contributed by atoms with Gasteiger partial charge in [-0.15, -0.1) is 0 Å². The van der Waals surface area contributed by atoms with Gasteiger partial charge in [0.25, 0.3) is 50.0 Å². The summed E-state index contributed by atoms with van der Waals surface area (Å²) < 4.78 is 46.4. The van der Waals surface area contributed by atoms with Gasteiger partial charge in [0.2, 0.25) is 0 Å². The summed E-state index contributed by atoms with van der Waals surface area (Å²) in [7, 11) is -11.8. The minimum atomic E-state index is -2.32. The molecule has 0 bridgehead atoms. The summed E-state index contributed by atoms with van der Waals surface area (Å²) in [5.41, 5.74) is 0. The smallest absolute Gasteiger partial charge is 0.314 e. The highest BCUT2D eigenvalue weighted by Crippen LogP contribution is 2.21. The van der Waals surface area contributed by atoms with Crippen molar-refractivity contribution in [3.63, 3.8) is 0 Å². The second-order valence-electron chi connectivity index (χ2n) is 6.10. The van der Waals surface area contributed by atoms with Gasteiger partial charge in [-0.25, -0.2) is 0 Å². The molecule has 1 fully saturated rings. The van der Waals surface area contributed by atoms with E-state index in [1.165, 1.54) is 0 Å². The fourth-order valence-electron chi connectivity index (χ4n) is 1.94. The van der Waals surface area contributed by atoms with E-state index >= 15 is 0 Å². The molecule has 1 aliphatic heterocycles. The van der Waals surface area contributed by atoms with E-state index in [0.717, 1.165) is 0 Å². The molecule has 0 atom stereocenters. The van der Waals surface area contributed by atoms with Crippen LogP contribution in [0.4, 0.5) is 0 Å². The van der Waals surface area contributed by atoms with Crippen LogP contribution in [-0.4, -0.2) is 75.7 Å². The molecule has 0 unspecified atom stereocenters. The maximum Gasteiger partial charge on any atom is 0.314 e. The van der Waals surface area contributed by atoms with Gasteiger partial charge in [0, 0.05) is 0 Å². The average molecular weight is 453 g/mol. The van der Waals surface area contributed by atoms with Gasteiger partial charge in [-0.2, -0.15) is 0 Å². The fraction of sp³-hybridized carbons (Fsp3) is 1.00. The summed E-state index contributed by atoms with van der Waals surface area (Å²) in [6, 6.07) is 0. The van der Waals surface area contributed by atoms with Crippen molar-refractivity contribution in [1.82, 2.24) is 0 Å². The van der Waals surface area contributed by atoms with Crippen molar-refractivity contribution < 1.29 is 32.9 Å². The normalized spacial score (nSPS) is 33.5. The van der Waals surface area contributed by atoms with Gasteiger partial charge >= 0.3 is 25.7 Å². The average Bonchev–Trinajstić information content (AvgIpc) is 2.31. The summed E-state index contributed by atoms with van der Waals surface area (Å²) in [5.74, 6) is 0. The minimum absolute atomic E-state index is 0.948. The van der Waals surface area contributed by atoms with E-state index in [-0.39, 0.29) is 0 Å². The molecule has 0 saturated carbocycles. The predicted octanol–water partition coefficient (Wildman–Crippen LogP) is -2.77. The Morgan fingerprint density at radius 3 is 1.14 bits per heavy atom. The maximum atomic E-state index is 6.25. The van der Waals surface area contributed by atoms with Crippen LogP contribution in [0.3, 0.4) is 0 Å². The highest BCUT2D eigenvalue weighted by Gasteiger charge is 2.41. The number of hydrogen-bond acceptors (Lipinski definition) is 8. The summed E-state index contributed by atoms with van der Waals surface area (Å²) in [6.45, 7) is 12.2. The maximum absolute atomic E-state index is 6.25. The molecule has 8 nitrogen and oxygen atoms in total. The second kappa shape index (κ2) is 9.78. The molecular formula is C6H28O8Si8. The van der Waals surface area contributed by atoms with E-state index in [1.807, 2.05) is 39.3 Å². The van der Waals surface area contributed by atoms with Crippen LogP contribution >= 0.6 is 0 Å². The van der Waals surface area contributed by atoms with Crippen molar-refractivity contribution in [3.8, 4) is 0 Å². The molecule has 0 amide bonds. The van der Waals surface area contributed by atoms with Crippen molar-refractivity contribution in [1.29, 1.82) is 0 Å². The topological polar surface area (TPSA) is 73.8 Å². The molecule has 22 heavy (non-hydrogen) atoms. The van der Waals surface area contributed by atoms with Crippen LogP contribution in [-0.2, 0) is 32.9 Å². The Morgan fingerprint density at radius 1 is 0.455 bits per heavy atom. The van der Waals surface area contributed by atoms with E-state index in [9.17, 15) is 0 Å². The Morgan fingerprint density at radius 2 is 0.773 bits per heavy atom. The summed E-state index contributed by atoms with van der Waals surface area (Å²) >= 11 is 0. The van der Waals surface area contributed by atoms with Gasteiger partial charge in [0.1, 0.15) is 0 Å². The standard InChI is InChI=1S/C6H28O8Si8/c1-20(2)11-18-9-16-7-15-8-17-10-19-12-21(3,4)14-22(5,6)13-20/h15-19H2,1-6H3. The number of rotatable bonds is 0. The molecule has 16 heteroatoms. The third-order valence-corrected chi connectivity index (χ3v) is 22.2. The molecule has 0 N–H and O–H groups in total. The van der Waals surface area contributed by atoms with Crippen molar-refractivity contribution in [2.75, 3.05) is 0 Å². The minimum Gasteiger partial charge on any atom is -0.425 e. The first-order valence-electron chi connectivity index (χ1n) is 7.11. The lowest BCUT2D eigenvalue weighted by Gasteiger charge is -2.37. The molecule has 1 rings (SSSR count). The molecule has 1 saturated heterocycles. The Labute approximate surface area is 147 Å². The SMILES string of the molecule is C[Si]1(C)O[SiH2]O[SiH2]O[SiH2]O[SiH2]O[SiH2]O[Si](C)(C)O[Si](C)(C)O1. The predicted molar refractivity (Wildman–Crippen MR) is 104 cm³/mol. The van der Waals surface area contributed by atoms with E-state index in [4.69, 9.17) is 32.9 Å². The zero-order valence-electron chi connectivity index (χ0n) is 14.3. The van der Waals surface area contributed by atoms with Crippen molar-refractivity contribution in [2.45, 2.75) is 39.3 Å². The zero-order chi connectivity index (χ0) is 16.7. The molecule has 0 radical (unpaired) electrons. The molecule has 1 aliphatic rings. The van der Waals surface area contributed by atoms with Gasteiger partial charge in [0.15, 0.2) is 0 Å². The van der Waals surface area contributed by atoms with Crippen molar-refractivity contribution in [2.24, 2.45) is 0 Å². The first-order chi connectivity index (χ1) is 10.1. The van der Waals surface area contributed by atoms with E-state index in [2.05, 4.69) is 0 Å². The molecule has 1 heterocycles. The van der Waals surface area contributed by atoms with Crippen LogP contribution in [0.5, 0.6) is 0 Å². The van der Waals surface area contributed by atoms with Crippen LogP contribution in [0, 0.1) is 0 Å². The first kappa shape index (κ1) is 21.5. The molecule has 0 aromatic heterocycles. The van der Waals surface area contributed by atoms with Crippen LogP contribution < -0.4 is 0 Å². The second-order valence-corrected chi connectivity index (χ2v) is 26.1. The lowest BCUT2D eigenvalue weighted by Crippen LogP contribution is -2.55. The zero-order valence-corrected chi connectivity index (χ0v) is 24.4. The van der Waals surface area contributed by atoms with Gasteiger partial charge in [0.05, 0.1) is 0 Å². The molecule has 0 spiro atoms.